The van der Waals surface area contributed by atoms with Crippen LogP contribution in [-0.4, -0.2) is 16.3 Å². The standard InChI is InChI=1S/C13H15N3/c1-10-6-7-16(15-10)12-8-11-4-2-3-5-13(11)14-9-12/h2-7,12,14H,8-9H2,1H3. The third-order valence-electron chi connectivity index (χ3n) is 3.12. The molecule has 1 aromatic heterocycles. The smallest absolute Gasteiger partial charge is 0.0732 e. The van der Waals surface area contributed by atoms with Crippen LogP contribution in [0, 0.1) is 6.92 Å². The molecule has 2 aromatic rings. The van der Waals surface area contributed by atoms with Crippen molar-refractivity contribution in [2.45, 2.75) is 19.4 Å². The van der Waals surface area contributed by atoms with Gasteiger partial charge in [0.05, 0.1) is 11.7 Å². The van der Waals surface area contributed by atoms with Crippen LogP contribution in [0.3, 0.4) is 0 Å². The SMILES string of the molecule is Cc1ccn(C2CNc3ccccc3C2)n1. The molecule has 82 valence electrons. The molecule has 3 nitrogen and oxygen atoms in total. The highest BCUT2D eigenvalue weighted by molar-refractivity contribution is 5.53. The van der Waals surface area contributed by atoms with Gasteiger partial charge in [-0.25, -0.2) is 0 Å². The van der Waals surface area contributed by atoms with E-state index >= 15 is 0 Å². The zero-order chi connectivity index (χ0) is 11.0. The summed E-state index contributed by atoms with van der Waals surface area (Å²) in [5.74, 6) is 0. The molecule has 1 N–H and O–H groups in total. The van der Waals surface area contributed by atoms with E-state index in [-0.39, 0.29) is 0 Å². The number of hydrogen-bond acceptors (Lipinski definition) is 2. The number of fused-ring (bicyclic) bond motifs is 1. The van der Waals surface area contributed by atoms with E-state index in [0.717, 1.165) is 18.7 Å². The number of hydrogen-bond donors (Lipinski definition) is 1. The van der Waals surface area contributed by atoms with E-state index in [1.807, 2.05) is 6.92 Å². The first-order valence-corrected chi connectivity index (χ1v) is 5.66. The Morgan fingerprint density at radius 3 is 3.00 bits per heavy atom. The molecule has 0 saturated heterocycles. The van der Waals surface area contributed by atoms with E-state index in [0.29, 0.717) is 6.04 Å². The quantitative estimate of drug-likeness (QED) is 0.788. The van der Waals surface area contributed by atoms with Crippen molar-refractivity contribution in [3.63, 3.8) is 0 Å². The van der Waals surface area contributed by atoms with Crippen LogP contribution in [0.25, 0.3) is 0 Å². The molecule has 0 spiro atoms. The molecule has 3 rings (SSSR count). The van der Waals surface area contributed by atoms with Crippen LogP contribution in [0.5, 0.6) is 0 Å². The lowest BCUT2D eigenvalue weighted by molar-refractivity contribution is 0.459. The van der Waals surface area contributed by atoms with Crippen molar-refractivity contribution in [1.29, 1.82) is 0 Å². The number of anilines is 1. The highest BCUT2D eigenvalue weighted by atomic mass is 15.3. The van der Waals surface area contributed by atoms with Crippen molar-refractivity contribution >= 4 is 5.69 Å². The van der Waals surface area contributed by atoms with E-state index in [4.69, 9.17) is 0 Å². The van der Waals surface area contributed by atoms with Crippen molar-refractivity contribution in [2.75, 3.05) is 11.9 Å². The summed E-state index contributed by atoms with van der Waals surface area (Å²) in [7, 11) is 0. The van der Waals surface area contributed by atoms with Crippen molar-refractivity contribution < 1.29 is 0 Å². The van der Waals surface area contributed by atoms with Crippen LogP contribution in [0.1, 0.15) is 17.3 Å². The molecule has 16 heavy (non-hydrogen) atoms. The van der Waals surface area contributed by atoms with Gasteiger partial charge in [0, 0.05) is 18.4 Å². The Morgan fingerprint density at radius 2 is 2.19 bits per heavy atom. The highest BCUT2D eigenvalue weighted by Gasteiger charge is 2.19. The van der Waals surface area contributed by atoms with Gasteiger partial charge in [-0.1, -0.05) is 18.2 Å². The maximum atomic E-state index is 4.48. The average Bonchev–Trinajstić information content (AvgIpc) is 2.75. The molecule has 1 aliphatic rings. The monoisotopic (exact) mass is 213 g/mol. The van der Waals surface area contributed by atoms with Gasteiger partial charge in [-0.2, -0.15) is 5.10 Å². The van der Waals surface area contributed by atoms with E-state index < -0.39 is 0 Å². The number of rotatable bonds is 1. The van der Waals surface area contributed by atoms with Gasteiger partial charge in [-0.05, 0) is 31.0 Å². The fourth-order valence-electron chi connectivity index (χ4n) is 2.25. The Morgan fingerprint density at radius 1 is 1.31 bits per heavy atom. The Balaban J connectivity index is 1.88. The maximum absolute atomic E-state index is 4.48. The zero-order valence-corrected chi connectivity index (χ0v) is 9.35. The molecule has 0 fully saturated rings. The minimum absolute atomic E-state index is 0.434. The molecule has 3 heteroatoms. The third-order valence-corrected chi connectivity index (χ3v) is 3.12. The number of aryl methyl sites for hydroxylation is 1. The molecule has 0 radical (unpaired) electrons. The molecule has 1 aromatic carbocycles. The van der Waals surface area contributed by atoms with Gasteiger partial charge in [0.1, 0.15) is 0 Å². The molecule has 0 aliphatic carbocycles. The number of nitrogens with zero attached hydrogens (tertiary/aromatic N) is 2. The summed E-state index contributed by atoms with van der Waals surface area (Å²) in [5.41, 5.74) is 3.73. The Bertz CT molecular complexity index is 501. The van der Waals surface area contributed by atoms with E-state index in [9.17, 15) is 0 Å². The van der Waals surface area contributed by atoms with Crippen LogP contribution in [0.4, 0.5) is 5.69 Å². The minimum atomic E-state index is 0.434. The molecule has 2 heterocycles. The molecule has 0 saturated carbocycles. The topological polar surface area (TPSA) is 29.9 Å². The number of para-hydroxylation sites is 1. The van der Waals surface area contributed by atoms with Crippen molar-refractivity contribution in [1.82, 2.24) is 9.78 Å². The van der Waals surface area contributed by atoms with Gasteiger partial charge >= 0.3 is 0 Å². The average molecular weight is 213 g/mol. The zero-order valence-electron chi connectivity index (χ0n) is 9.35. The van der Waals surface area contributed by atoms with E-state index in [2.05, 4.69) is 51.6 Å². The number of aromatic nitrogens is 2. The second-order valence-electron chi connectivity index (χ2n) is 4.33. The Kier molecular flexibility index (Phi) is 2.17. The largest absolute Gasteiger partial charge is 0.383 e. The van der Waals surface area contributed by atoms with Crippen molar-refractivity contribution in [2.24, 2.45) is 0 Å². The number of benzene rings is 1. The molecule has 0 amide bonds. The van der Waals surface area contributed by atoms with Gasteiger partial charge in [0.15, 0.2) is 0 Å². The predicted octanol–water partition coefficient (Wildman–Crippen LogP) is 2.40. The summed E-state index contributed by atoms with van der Waals surface area (Å²) < 4.78 is 2.07. The van der Waals surface area contributed by atoms with Crippen LogP contribution in [-0.2, 0) is 6.42 Å². The van der Waals surface area contributed by atoms with Crippen molar-refractivity contribution in [3.8, 4) is 0 Å². The van der Waals surface area contributed by atoms with Gasteiger partial charge in [0.25, 0.3) is 0 Å². The first-order valence-electron chi connectivity index (χ1n) is 5.66. The summed E-state index contributed by atoms with van der Waals surface area (Å²) in [6, 6.07) is 11.0. The Labute approximate surface area is 95.1 Å². The Hall–Kier alpha value is -1.77. The third kappa shape index (κ3) is 1.58. The van der Waals surface area contributed by atoms with Crippen LogP contribution < -0.4 is 5.32 Å². The normalized spacial score (nSPS) is 18.9. The summed E-state index contributed by atoms with van der Waals surface area (Å²) in [5, 5.41) is 7.94. The molecule has 0 bridgehead atoms. The van der Waals surface area contributed by atoms with Gasteiger partial charge in [-0.3, -0.25) is 4.68 Å². The summed E-state index contributed by atoms with van der Waals surface area (Å²) in [4.78, 5) is 0. The first-order chi connectivity index (χ1) is 7.83. The lowest BCUT2D eigenvalue weighted by atomic mass is 10.00. The molecule has 1 unspecified atom stereocenters. The van der Waals surface area contributed by atoms with E-state index in [1.165, 1.54) is 11.3 Å². The van der Waals surface area contributed by atoms with Gasteiger partial charge < -0.3 is 5.32 Å². The van der Waals surface area contributed by atoms with Crippen molar-refractivity contribution in [3.05, 3.63) is 47.8 Å². The summed E-state index contributed by atoms with van der Waals surface area (Å²) >= 11 is 0. The lowest BCUT2D eigenvalue weighted by Gasteiger charge is -2.26. The molecular formula is C13H15N3. The minimum Gasteiger partial charge on any atom is -0.383 e. The number of nitrogens with one attached hydrogen (secondary N) is 1. The molecule has 1 aliphatic heterocycles. The maximum Gasteiger partial charge on any atom is 0.0732 e. The van der Waals surface area contributed by atoms with Crippen LogP contribution in [0.2, 0.25) is 0 Å². The molecule has 1 atom stereocenters. The fourth-order valence-corrected chi connectivity index (χ4v) is 2.25. The summed E-state index contributed by atoms with van der Waals surface area (Å²) in [6.45, 7) is 2.98. The highest BCUT2D eigenvalue weighted by Crippen LogP contribution is 2.26. The van der Waals surface area contributed by atoms with Gasteiger partial charge in [-0.15, -0.1) is 0 Å². The summed E-state index contributed by atoms with van der Waals surface area (Å²) in [6.07, 6.45) is 3.12. The second kappa shape index (κ2) is 3.67. The van der Waals surface area contributed by atoms with Crippen LogP contribution in [0.15, 0.2) is 36.5 Å². The second-order valence-corrected chi connectivity index (χ2v) is 4.33. The molecular weight excluding hydrogens is 198 g/mol. The van der Waals surface area contributed by atoms with Crippen LogP contribution >= 0.6 is 0 Å². The fraction of sp³-hybridized carbons (Fsp3) is 0.308. The van der Waals surface area contributed by atoms with E-state index in [1.54, 1.807) is 0 Å². The first kappa shape index (κ1) is 9.46. The lowest BCUT2D eigenvalue weighted by Crippen LogP contribution is -2.26. The predicted molar refractivity (Wildman–Crippen MR) is 64.6 cm³/mol. The van der Waals surface area contributed by atoms with Gasteiger partial charge in [0.2, 0.25) is 0 Å².